The Labute approximate surface area is 149 Å². The van der Waals surface area contributed by atoms with E-state index in [1.165, 1.54) is 17.1 Å². The molecule has 0 spiro atoms. The first-order valence-corrected chi connectivity index (χ1v) is 10.5. The molecule has 1 N–H and O–H groups in total. The first-order valence-electron chi connectivity index (χ1n) is 8.68. The Balaban J connectivity index is 1.58. The molecule has 1 atom stereocenters. The second-order valence-electron chi connectivity index (χ2n) is 6.56. The van der Waals surface area contributed by atoms with Crippen molar-refractivity contribution >= 4 is 21.6 Å². The summed E-state index contributed by atoms with van der Waals surface area (Å²) in [6, 6.07) is 6.87. The summed E-state index contributed by atoms with van der Waals surface area (Å²) >= 11 is 0. The fraction of sp³-hybridized carbons (Fsp3) is 0.588. The number of ether oxygens (including phenoxy) is 1. The van der Waals surface area contributed by atoms with Crippen LogP contribution >= 0.6 is 0 Å². The quantitative estimate of drug-likeness (QED) is 0.753. The smallest absolute Gasteiger partial charge is 0.263 e. The van der Waals surface area contributed by atoms with Crippen molar-refractivity contribution < 1.29 is 17.9 Å². The maximum atomic E-state index is 12.4. The number of hydrogen-bond donors (Lipinski definition) is 1. The number of benzene rings is 1. The number of anilines is 1. The molecule has 0 unspecified atom stereocenters. The zero-order chi connectivity index (χ0) is 17.9. The van der Waals surface area contributed by atoms with E-state index in [1.54, 1.807) is 24.3 Å². The van der Waals surface area contributed by atoms with Gasteiger partial charge in [0, 0.05) is 6.54 Å². The van der Waals surface area contributed by atoms with Crippen LogP contribution in [-0.2, 0) is 14.8 Å². The molecular formula is C17H25N3O4S. The average molecular weight is 367 g/mol. The lowest BCUT2D eigenvalue weighted by Crippen LogP contribution is -2.50. The molecule has 0 aliphatic carbocycles. The Morgan fingerprint density at radius 2 is 2.00 bits per heavy atom. The van der Waals surface area contributed by atoms with Gasteiger partial charge in [-0.15, -0.1) is 0 Å². The highest BCUT2D eigenvalue weighted by atomic mass is 32.2. The van der Waals surface area contributed by atoms with Crippen molar-refractivity contribution in [3.8, 4) is 5.75 Å². The number of carbonyl (C=O) groups excluding carboxylic acids is 1. The molecule has 2 aliphatic heterocycles. The Kier molecular flexibility index (Phi) is 5.48. The van der Waals surface area contributed by atoms with Crippen LogP contribution in [0.2, 0.25) is 0 Å². The monoisotopic (exact) mass is 367 g/mol. The minimum atomic E-state index is -3.48. The van der Waals surface area contributed by atoms with Gasteiger partial charge in [-0.1, -0.05) is 12.1 Å². The van der Waals surface area contributed by atoms with Gasteiger partial charge in [0.2, 0.25) is 10.0 Å². The summed E-state index contributed by atoms with van der Waals surface area (Å²) in [5.41, 5.74) is 0.475. The summed E-state index contributed by atoms with van der Waals surface area (Å²) in [5, 5.41) is 2.87. The predicted octanol–water partition coefficient (Wildman–Crippen LogP) is 0.816. The van der Waals surface area contributed by atoms with E-state index in [1.807, 2.05) is 0 Å². The number of rotatable bonds is 6. The Morgan fingerprint density at radius 1 is 1.28 bits per heavy atom. The number of carbonyl (C=O) groups is 1. The van der Waals surface area contributed by atoms with E-state index in [9.17, 15) is 13.2 Å². The van der Waals surface area contributed by atoms with Gasteiger partial charge in [-0.3, -0.25) is 9.10 Å². The van der Waals surface area contributed by atoms with E-state index < -0.39 is 16.1 Å². The van der Waals surface area contributed by atoms with Crippen LogP contribution in [-0.4, -0.2) is 64.3 Å². The van der Waals surface area contributed by atoms with Gasteiger partial charge in [0.15, 0.2) is 6.10 Å². The minimum absolute atomic E-state index is 0.00615. The lowest BCUT2D eigenvalue weighted by Gasteiger charge is -2.33. The van der Waals surface area contributed by atoms with Gasteiger partial charge in [0.25, 0.3) is 5.91 Å². The van der Waals surface area contributed by atoms with E-state index in [0.717, 1.165) is 32.3 Å². The molecule has 1 aromatic carbocycles. The maximum Gasteiger partial charge on any atom is 0.263 e. The number of para-hydroxylation sites is 2. The number of nitrogens with zero attached hydrogens (tertiary/aromatic N) is 2. The van der Waals surface area contributed by atoms with Crippen molar-refractivity contribution in [1.82, 2.24) is 10.2 Å². The topological polar surface area (TPSA) is 79.0 Å². The third-order valence-electron chi connectivity index (χ3n) is 4.58. The average Bonchev–Trinajstić information content (AvgIpc) is 3.10. The summed E-state index contributed by atoms with van der Waals surface area (Å²) in [5.74, 6) is 0.140. The molecule has 3 rings (SSSR count). The molecule has 2 heterocycles. The molecule has 2 aliphatic rings. The van der Waals surface area contributed by atoms with Gasteiger partial charge in [-0.2, -0.15) is 0 Å². The number of sulfonamides is 1. The van der Waals surface area contributed by atoms with Gasteiger partial charge < -0.3 is 15.0 Å². The first-order chi connectivity index (χ1) is 11.9. The number of amides is 1. The Hall–Kier alpha value is -1.80. The molecule has 1 amide bonds. The lowest BCUT2D eigenvalue weighted by atomic mass is 10.2. The summed E-state index contributed by atoms with van der Waals surface area (Å²) in [6.45, 7) is 3.81. The van der Waals surface area contributed by atoms with Crippen molar-refractivity contribution in [1.29, 1.82) is 0 Å². The Morgan fingerprint density at radius 3 is 2.72 bits per heavy atom. The van der Waals surface area contributed by atoms with E-state index in [2.05, 4.69) is 10.2 Å². The van der Waals surface area contributed by atoms with Crippen LogP contribution in [0.1, 0.15) is 19.3 Å². The van der Waals surface area contributed by atoms with Crippen molar-refractivity contribution in [3.05, 3.63) is 24.3 Å². The van der Waals surface area contributed by atoms with Crippen LogP contribution < -0.4 is 14.4 Å². The van der Waals surface area contributed by atoms with Crippen LogP contribution in [0.4, 0.5) is 5.69 Å². The largest absolute Gasteiger partial charge is 0.476 e. The normalized spacial score (nSPS) is 20.8. The van der Waals surface area contributed by atoms with E-state index in [-0.39, 0.29) is 12.5 Å². The van der Waals surface area contributed by atoms with E-state index in [0.29, 0.717) is 18.0 Å². The van der Waals surface area contributed by atoms with E-state index >= 15 is 0 Å². The summed E-state index contributed by atoms with van der Waals surface area (Å²) in [4.78, 5) is 14.8. The molecule has 1 aromatic rings. The van der Waals surface area contributed by atoms with Gasteiger partial charge in [0.1, 0.15) is 5.75 Å². The van der Waals surface area contributed by atoms with Gasteiger partial charge in [-0.05, 0) is 51.0 Å². The molecule has 1 saturated heterocycles. The summed E-state index contributed by atoms with van der Waals surface area (Å²) in [6.07, 6.45) is 3.69. The van der Waals surface area contributed by atoms with Crippen molar-refractivity contribution in [2.45, 2.75) is 25.4 Å². The van der Waals surface area contributed by atoms with Gasteiger partial charge in [0.05, 0.1) is 18.5 Å². The highest BCUT2D eigenvalue weighted by Crippen LogP contribution is 2.34. The summed E-state index contributed by atoms with van der Waals surface area (Å²) < 4.78 is 31.1. The second kappa shape index (κ2) is 7.61. The number of fused-ring (bicyclic) bond motifs is 1. The molecule has 0 radical (unpaired) electrons. The van der Waals surface area contributed by atoms with Crippen LogP contribution in [0.25, 0.3) is 0 Å². The third kappa shape index (κ3) is 4.43. The third-order valence-corrected chi connectivity index (χ3v) is 5.72. The fourth-order valence-corrected chi connectivity index (χ4v) is 4.20. The lowest BCUT2D eigenvalue weighted by molar-refractivity contribution is -0.127. The van der Waals surface area contributed by atoms with Crippen molar-refractivity contribution in [2.24, 2.45) is 0 Å². The zero-order valence-electron chi connectivity index (χ0n) is 14.5. The molecular weight excluding hydrogens is 342 g/mol. The molecule has 0 saturated carbocycles. The van der Waals surface area contributed by atoms with Crippen molar-refractivity contribution in [3.63, 3.8) is 0 Å². The maximum absolute atomic E-state index is 12.4. The molecule has 0 bridgehead atoms. The predicted molar refractivity (Wildman–Crippen MR) is 96.3 cm³/mol. The first kappa shape index (κ1) is 18.0. The highest BCUT2D eigenvalue weighted by molar-refractivity contribution is 7.92. The standard InChI is InChI=1S/C17H25N3O4S/c1-25(22,23)20-13-16(24-15-8-3-2-7-14(15)20)17(21)18-9-6-12-19-10-4-5-11-19/h2-3,7-8,16H,4-6,9-13H2,1H3,(H,18,21)/t16-/m0/s1. The SMILES string of the molecule is CS(=O)(=O)N1C[C@@H](C(=O)NCCCN2CCCC2)Oc2ccccc21. The molecule has 138 valence electrons. The fourth-order valence-electron chi connectivity index (χ4n) is 3.29. The minimum Gasteiger partial charge on any atom is -0.476 e. The van der Waals surface area contributed by atoms with E-state index in [4.69, 9.17) is 4.74 Å². The second-order valence-corrected chi connectivity index (χ2v) is 8.47. The molecule has 25 heavy (non-hydrogen) atoms. The van der Waals surface area contributed by atoms with Crippen LogP contribution in [0.5, 0.6) is 5.75 Å². The summed E-state index contributed by atoms with van der Waals surface area (Å²) in [7, 11) is -3.48. The van der Waals surface area contributed by atoms with Gasteiger partial charge >= 0.3 is 0 Å². The van der Waals surface area contributed by atoms with Crippen LogP contribution in [0.3, 0.4) is 0 Å². The molecule has 0 aromatic heterocycles. The zero-order valence-corrected chi connectivity index (χ0v) is 15.3. The Bertz CT molecular complexity index is 716. The molecule has 8 heteroatoms. The molecule has 1 fully saturated rings. The van der Waals surface area contributed by atoms with Crippen LogP contribution in [0.15, 0.2) is 24.3 Å². The molecule has 7 nitrogen and oxygen atoms in total. The van der Waals surface area contributed by atoms with Crippen molar-refractivity contribution in [2.75, 3.05) is 43.3 Å². The number of nitrogens with one attached hydrogen (secondary N) is 1. The van der Waals surface area contributed by atoms with Crippen LogP contribution in [0, 0.1) is 0 Å². The highest BCUT2D eigenvalue weighted by Gasteiger charge is 2.34. The number of hydrogen-bond acceptors (Lipinski definition) is 5. The number of likely N-dealkylation sites (tertiary alicyclic amines) is 1. The van der Waals surface area contributed by atoms with Gasteiger partial charge in [-0.25, -0.2) is 8.42 Å².